The van der Waals surface area contributed by atoms with Crippen molar-refractivity contribution in [2.75, 3.05) is 10.6 Å². The van der Waals surface area contributed by atoms with Gasteiger partial charge in [0.05, 0.1) is 0 Å². The van der Waals surface area contributed by atoms with E-state index in [4.69, 9.17) is 0 Å². The summed E-state index contributed by atoms with van der Waals surface area (Å²) in [7, 11) is 0. The molecule has 106 valence electrons. The lowest BCUT2D eigenvalue weighted by Gasteiger charge is -2.19. The number of pyridine rings is 1. The summed E-state index contributed by atoms with van der Waals surface area (Å²) in [5.41, 5.74) is 1.50. The predicted molar refractivity (Wildman–Crippen MR) is 85.2 cm³/mol. The molecule has 0 radical (unpaired) electrons. The maximum absolute atomic E-state index is 11.7. The minimum Gasteiger partial charge on any atom is -0.373 e. The van der Waals surface area contributed by atoms with E-state index in [0.29, 0.717) is 11.4 Å². The molecule has 21 heavy (non-hydrogen) atoms. The minimum atomic E-state index is -0.494. The Labute approximate surface area is 125 Å². The van der Waals surface area contributed by atoms with E-state index in [1.807, 2.05) is 23.8 Å². The van der Waals surface area contributed by atoms with Gasteiger partial charge in [0, 0.05) is 24.1 Å². The summed E-state index contributed by atoms with van der Waals surface area (Å²) in [4.78, 5) is 27.4. The van der Waals surface area contributed by atoms with Crippen LogP contribution in [0.4, 0.5) is 17.1 Å². The van der Waals surface area contributed by atoms with Gasteiger partial charge in [0.2, 0.25) is 0 Å². The third-order valence-electron chi connectivity index (χ3n) is 3.26. The molecule has 3 aromatic rings. The zero-order valence-electron chi connectivity index (χ0n) is 11.3. The van der Waals surface area contributed by atoms with Crippen LogP contribution in [-0.4, -0.2) is 4.98 Å². The van der Waals surface area contributed by atoms with Crippen molar-refractivity contribution in [3.8, 4) is 0 Å². The van der Waals surface area contributed by atoms with Gasteiger partial charge >= 0.3 is 0 Å². The first-order valence-electron chi connectivity index (χ1n) is 6.46. The van der Waals surface area contributed by atoms with Crippen molar-refractivity contribution >= 4 is 28.4 Å². The van der Waals surface area contributed by atoms with E-state index < -0.39 is 10.9 Å². The molecule has 1 aromatic carbocycles. The Balaban J connectivity index is 1.82. The van der Waals surface area contributed by atoms with Crippen molar-refractivity contribution in [1.29, 1.82) is 0 Å². The number of aromatic nitrogens is 1. The number of rotatable bonds is 5. The zero-order chi connectivity index (χ0) is 14.8. The molecule has 2 aromatic heterocycles. The predicted octanol–water partition coefficient (Wildman–Crippen LogP) is 2.66. The lowest BCUT2D eigenvalue weighted by Crippen LogP contribution is -2.37. The fraction of sp³-hybridized carbons (Fsp3) is 0.133. The maximum Gasteiger partial charge on any atom is 0.253 e. The standard InChI is InChI=1S/C15H13N3O2S/c1-9(10-4-7-21-8-10)17-12-13(15(20)14(12)19)18-11-2-5-16-6-3-11/h2-9,17H,1H3,(H,16,18). The number of hydrogen-bond donors (Lipinski definition) is 2. The molecule has 1 unspecified atom stereocenters. The summed E-state index contributed by atoms with van der Waals surface area (Å²) >= 11 is 1.59. The second-order valence-corrected chi connectivity index (χ2v) is 5.47. The molecule has 0 aliphatic rings. The highest BCUT2D eigenvalue weighted by molar-refractivity contribution is 7.08. The molecule has 0 fully saturated rings. The Kier molecular flexibility index (Phi) is 3.53. The number of anilines is 3. The van der Waals surface area contributed by atoms with E-state index >= 15 is 0 Å². The van der Waals surface area contributed by atoms with Crippen LogP contribution < -0.4 is 21.5 Å². The highest BCUT2D eigenvalue weighted by Gasteiger charge is 2.22. The van der Waals surface area contributed by atoms with Crippen LogP contribution in [-0.2, 0) is 0 Å². The van der Waals surface area contributed by atoms with Crippen LogP contribution in [0.2, 0.25) is 0 Å². The van der Waals surface area contributed by atoms with Gasteiger partial charge in [0.15, 0.2) is 0 Å². The van der Waals surface area contributed by atoms with E-state index in [2.05, 4.69) is 15.6 Å². The molecule has 3 rings (SSSR count). The van der Waals surface area contributed by atoms with Crippen molar-refractivity contribution in [2.45, 2.75) is 13.0 Å². The van der Waals surface area contributed by atoms with Crippen molar-refractivity contribution in [3.63, 3.8) is 0 Å². The molecule has 0 aliphatic heterocycles. The molecule has 0 spiro atoms. The van der Waals surface area contributed by atoms with Gasteiger partial charge in [-0.3, -0.25) is 14.6 Å². The van der Waals surface area contributed by atoms with Crippen molar-refractivity contribution in [1.82, 2.24) is 4.98 Å². The Morgan fingerprint density at radius 1 is 1.10 bits per heavy atom. The average Bonchev–Trinajstić information content (AvgIpc) is 3.05. The van der Waals surface area contributed by atoms with E-state index in [9.17, 15) is 9.59 Å². The Hall–Kier alpha value is -2.47. The van der Waals surface area contributed by atoms with Gasteiger partial charge in [0.1, 0.15) is 11.4 Å². The van der Waals surface area contributed by atoms with Gasteiger partial charge in [0.25, 0.3) is 10.9 Å². The highest BCUT2D eigenvalue weighted by Crippen LogP contribution is 2.25. The topological polar surface area (TPSA) is 71.1 Å². The summed E-state index contributed by atoms with van der Waals surface area (Å²) in [6.45, 7) is 1.95. The maximum atomic E-state index is 11.7. The number of nitrogens with one attached hydrogen (secondary N) is 2. The quantitative estimate of drug-likeness (QED) is 0.709. The van der Waals surface area contributed by atoms with Gasteiger partial charge in [-0.25, -0.2) is 0 Å². The minimum absolute atomic E-state index is 0.0301. The Morgan fingerprint density at radius 3 is 2.48 bits per heavy atom. The van der Waals surface area contributed by atoms with E-state index in [1.165, 1.54) is 0 Å². The number of thiophene rings is 1. The summed E-state index contributed by atoms with van der Waals surface area (Å²) in [6, 6.07) is 5.44. The average molecular weight is 299 g/mol. The molecular formula is C15H13N3O2S. The van der Waals surface area contributed by atoms with Gasteiger partial charge in [-0.1, -0.05) is 0 Å². The largest absolute Gasteiger partial charge is 0.373 e. The molecule has 1 atom stereocenters. The second kappa shape index (κ2) is 5.49. The molecule has 0 saturated carbocycles. The van der Waals surface area contributed by atoms with Crippen LogP contribution in [0.25, 0.3) is 0 Å². The molecule has 2 heterocycles. The summed E-state index contributed by atoms with van der Waals surface area (Å²) in [5.74, 6) is 0. The fourth-order valence-corrected chi connectivity index (χ4v) is 2.80. The first-order valence-corrected chi connectivity index (χ1v) is 7.40. The number of nitrogens with zero attached hydrogens (tertiary/aromatic N) is 1. The van der Waals surface area contributed by atoms with Crippen molar-refractivity contribution < 1.29 is 0 Å². The molecule has 6 heteroatoms. The Morgan fingerprint density at radius 2 is 1.81 bits per heavy atom. The normalized spacial score (nSPS) is 12.2. The molecule has 0 aliphatic carbocycles. The third kappa shape index (κ3) is 2.57. The smallest absolute Gasteiger partial charge is 0.253 e. The summed E-state index contributed by atoms with van der Waals surface area (Å²) in [5, 5.41) is 10.1. The van der Waals surface area contributed by atoms with Gasteiger partial charge in [-0.15, -0.1) is 0 Å². The molecule has 0 saturated heterocycles. The van der Waals surface area contributed by atoms with E-state index in [1.54, 1.807) is 35.9 Å². The first-order chi connectivity index (χ1) is 10.2. The summed E-state index contributed by atoms with van der Waals surface area (Å²) < 4.78 is 0. The van der Waals surface area contributed by atoms with Crippen LogP contribution in [0.1, 0.15) is 18.5 Å². The second-order valence-electron chi connectivity index (χ2n) is 4.69. The summed E-state index contributed by atoms with van der Waals surface area (Å²) in [6.07, 6.45) is 3.24. The molecular weight excluding hydrogens is 286 g/mol. The van der Waals surface area contributed by atoms with Crippen LogP contribution >= 0.6 is 11.3 Å². The third-order valence-corrected chi connectivity index (χ3v) is 3.97. The number of hydrogen-bond acceptors (Lipinski definition) is 6. The van der Waals surface area contributed by atoms with Crippen LogP contribution in [0.5, 0.6) is 0 Å². The SMILES string of the molecule is CC(Nc1c(Nc2ccncc2)c(=O)c1=O)c1ccsc1. The van der Waals surface area contributed by atoms with Gasteiger partial charge < -0.3 is 10.6 Å². The van der Waals surface area contributed by atoms with Crippen LogP contribution in [0, 0.1) is 0 Å². The van der Waals surface area contributed by atoms with Gasteiger partial charge in [-0.2, -0.15) is 11.3 Å². The fourth-order valence-electron chi connectivity index (χ4n) is 2.05. The lowest BCUT2D eigenvalue weighted by atomic mass is 10.1. The monoisotopic (exact) mass is 299 g/mol. The van der Waals surface area contributed by atoms with Crippen LogP contribution in [0.15, 0.2) is 50.9 Å². The highest BCUT2D eigenvalue weighted by atomic mass is 32.1. The van der Waals surface area contributed by atoms with E-state index in [-0.39, 0.29) is 6.04 Å². The Bertz CT molecular complexity index is 805. The van der Waals surface area contributed by atoms with Crippen molar-refractivity contribution in [3.05, 3.63) is 67.4 Å². The van der Waals surface area contributed by atoms with Crippen LogP contribution in [0.3, 0.4) is 0 Å². The molecule has 0 bridgehead atoms. The van der Waals surface area contributed by atoms with E-state index in [0.717, 1.165) is 11.3 Å². The first kappa shape index (κ1) is 13.5. The molecule has 0 amide bonds. The zero-order valence-corrected chi connectivity index (χ0v) is 12.1. The molecule has 2 N–H and O–H groups in total. The lowest BCUT2D eigenvalue weighted by molar-refractivity contribution is 0.885. The van der Waals surface area contributed by atoms with Crippen molar-refractivity contribution in [2.24, 2.45) is 0 Å². The molecule has 5 nitrogen and oxygen atoms in total. The van der Waals surface area contributed by atoms with Gasteiger partial charge in [-0.05, 0) is 41.4 Å².